The van der Waals surface area contributed by atoms with Gasteiger partial charge in [-0.1, -0.05) is 88.3 Å². The quantitative estimate of drug-likeness (QED) is 0.149. The van der Waals surface area contributed by atoms with E-state index in [1.807, 2.05) is 74.5 Å². The van der Waals surface area contributed by atoms with Gasteiger partial charge in [0.1, 0.15) is 24.7 Å². The van der Waals surface area contributed by atoms with Crippen molar-refractivity contribution in [3.8, 4) is 11.5 Å². The summed E-state index contributed by atoms with van der Waals surface area (Å²) in [5.74, 6) is 1.03. The number of fused-ring (bicyclic) bond motifs is 2. The summed E-state index contributed by atoms with van der Waals surface area (Å²) in [7, 11) is 0. The Hall–Kier alpha value is -2.85. The molecule has 2 atom stereocenters. The minimum atomic E-state index is -1.87. The highest BCUT2D eigenvalue weighted by Gasteiger charge is 2.51. The van der Waals surface area contributed by atoms with Crippen LogP contribution in [0.25, 0.3) is 5.57 Å². The summed E-state index contributed by atoms with van der Waals surface area (Å²) in [4.78, 5) is 30.0. The van der Waals surface area contributed by atoms with Gasteiger partial charge in [-0.2, -0.15) is 0 Å². The molecule has 2 N–H and O–H groups in total. The number of aryl methyl sites for hydroxylation is 2. The van der Waals surface area contributed by atoms with Crippen LogP contribution in [0.1, 0.15) is 55.4 Å². The van der Waals surface area contributed by atoms with Gasteiger partial charge in [0.15, 0.2) is 5.60 Å². The minimum Gasteiger partial charge on any atom is -0.490 e. The standard InChI is InChI=1S/C39H42Cl5N3O5/c1-23-17-31(41)33(18-24(23)2)51-16-15-50-28-11-9-25(10-12-28)29-19-27-21-45-22-32(47(27)36(49)52-37(3,4)39(42,43)44)34(29)35(48)46-38(13-14-38)20-26-7-5-6-8-30(26)40/h5-12,17-18,27,32,45H,13-16,19-22H2,1-4H3,(H,46,48)/t27?,32-/m1/s1. The first-order chi connectivity index (χ1) is 24.6. The zero-order valence-corrected chi connectivity index (χ0v) is 33.2. The molecular formula is C39H42Cl5N3O5. The van der Waals surface area contributed by atoms with E-state index >= 15 is 0 Å². The molecule has 3 aliphatic rings. The van der Waals surface area contributed by atoms with Crippen LogP contribution in [0.15, 0.2) is 66.2 Å². The molecule has 1 aliphatic carbocycles. The van der Waals surface area contributed by atoms with Crippen LogP contribution < -0.4 is 20.1 Å². The number of nitrogens with zero attached hydrogens (tertiary/aromatic N) is 1. The van der Waals surface area contributed by atoms with Crippen molar-refractivity contribution in [3.05, 3.63) is 98.5 Å². The molecule has 13 heteroatoms. The second-order valence-corrected chi connectivity index (χ2v) is 17.4. The number of alkyl halides is 3. The zero-order chi connectivity index (χ0) is 37.4. The van der Waals surface area contributed by atoms with Crippen molar-refractivity contribution in [1.82, 2.24) is 15.5 Å². The molecule has 0 aromatic heterocycles. The number of nitrogens with one attached hydrogen (secondary N) is 2. The molecule has 3 aromatic carbocycles. The van der Waals surface area contributed by atoms with Gasteiger partial charge in [-0.3, -0.25) is 9.69 Å². The Kier molecular flexibility index (Phi) is 11.6. The fourth-order valence-electron chi connectivity index (χ4n) is 6.70. The number of carbonyl (C=O) groups excluding carboxylic acids is 2. The summed E-state index contributed by atoms with van der Waals surface area (Å²) >= 11 is 31.4. The van der Waals surface area contributed by atoms with Gasteiger partial charge in [0, 0.05) is 29.2 Å². The van der Waals surface area contributed by atoms with Crippen molar-refractivity contribution < 1.29 is 23.8 Å². The molecule has 2 fully saturated rings. The molecule has 3 aromatic rings. The monoisotopic (exact) mass is 807 g/mol. The van der Waals surface area contributed by atoms with Gasteiger partial charge in [0.25, 0.3) is 0 Å². The van der Waals surface area contributed by atoms with E-state index in [0.29, 0.717) is 66.3 Å². The van der Waals surface area contributed by atoms with Crippen LogP contribution in [-0.4, -0.2) is 70.2 Å². The fraction of sp³-hybridized carbons (Fsp3) is 0.436. The Bertz CT molecular complexity index is 1860. The normalized spacial score (nSPS) is 19.6. The predicted molar refractivity (Wildman–Crippen MR) is 208 cm³/mol. The Morgan fingerprint density at radius 1 is 0.923 bits per heavy atom. The maximum absolute atomic E-state index is 14.5. The number of ether oxygens (including phenoxy) is 3. The molecule has 1 saturated carbocycles. The predicted octanol–water partition coefficient (Wildman–Crippen LogP) is 9.04. The molecule has 278 valence electrons. The first-order valence-corrected chi connectivity index (χ1v) is 19.2. The molecule has 1 unspecified atom stereocenters. The fourth-order valence-corrected chi connectivity index (χ4v) is 7.29. The highest BCUT2D eigenvalue weighted by Crippen LogP contribution is 2.44. The van der Waals surface area contributed by atoms with E-state index in [9.17, 15) is 9.59 Å². The molecule has 2 amide bonds. The summed E-state index contributed by atoms with van der Waals surface area (Å²) < 4.78 is 15.8. The van der Waals surface area contributed by atoms with Crippen molar-refractivity contribution in [3.63, 3.8) is 0 Å². The van der Waals surface area contributed by atoms with E-state index < -0.39 is 27.1 Å². The first-order valence-electron chi connectivity index (χ1n) is 17.3. The van der Waals surface area contributed by atoms with Crippen LogP contribution in [0.2, 0.25) is 10.0 Å². The number of amides is 2. The number of carbonyl (C=O) groups is 2. The maximum Gasteiger partial charge on any atom is 0.411 e. The van der Waals surface area contributed by atoms with Crippen molar-refractivity contribution in [2.75, 3.05) is 26.3 Å². The molecule has 52 heavy (non-hydrogen) atoms. The van der Waals surface area contributed by atoms with E-state index in [1.54, 1.807) is 18.7 Å². The third kappa shape index (κ3) is 8.59. The third-order valence-electron chi connectivity index (χ3n) is 10.1. The smallest absolute Gasteiger partial charge is 0.411 e. The van der Waals surface area contributed by atoms with E-state index in [0.717, 1.165) is 40.7 Å². The van der Waals surface area contributed by atoms with Gasteiger partial charge < -0.3 is 24.8 Å². The topological polar surface area (TPSA) is 89.1 Å². The number of piperazine rings is 1. The lowest BCUT2D eigenvalue weighted by molar-refractivity contribution is -0.119. The Morgan fingerprint density at radius 3 is 2.27 bits per heavy atom. The van der Waals surface area contributed by atoms with Crippen molar-refractivity contribution >= 4 is 75.6 Å². The van der Waals surface area contributed by atoms with Crippen LogP contribution in [-0.2, 0) is 16.0 Å². The summed E-state index contributed by atoms with van der Waals surface area (Å²) in [5.41, 5.74) is 3.50. The largest absolute Gasteiger partial charge is 0.490 e. The highest BCUT2D eigenvalue weighted by molar-refractivity contribution is 6.68. The molecule has 8 nitrogen and oxygen atoms in total. The summed E-state index contributed by atoms with van der Waals surface area (Å²) in [6.45, 7) is 8.57. The number of rotatable bonds is 11. The van der Waals surface area contributed by atoms with Gasteiger partial charge in [0.05, 0.1) is 17.1 Å². The van der Waals surface area contributed by atoms with Crippen molar-refractivity contribution in [1.29, 1.82) is 0 Å². The maximum atomic E-state index is 14.5. The first kappa shape index (κ1) is 38.9. The summed E-state index contributed by atoms with van der Waals surface area (Å²) in [6.07, 6.45) is 1.97. The third-order valence-corrected chi connectivity index (χ3v) is 12.1. The SMILES string of the molecule is Cc1cc(Cl)c(OCCOc2ccc(C3=C(C(=O)NC4(Cc5ccccc5Cl)CC4)[C@H]4CNCC(C3)N4C(=O)OC(C)(C)C(Cl)(Cl)Cl)cc2)cc1C. The number of benzene rings is 3. The van der Waals surface area contributed by atoms with Crippen molar-refractivity contribution in [2.24, 2.45) is 0 Å². The molecule has 2 bridgehead atoms. The average molecular weight is 810 g/mol. The molecule has 2 heterocycles. The van der Waals surface area contributed by atoms with Gasteiger partial charge in [-0.25, -0.2) is 4.79 Å². The number of hydrogen-bond acceptors (Lipinski definition) is 6. The number of halogens is 5. The van der Waals surface area contributed by atoms with Crippen LogP contribution in [0.3, 0.4) is 0 Å². The van der Waals surface area contributed by atoms with Gasteiger partial charge >= 0.3 is 6.09 Å². The van der Waals surface area contributed by atoms with E-state index in [1.165, 1.54) is 0 Å². The van der Waals surface area contributed by atoms with Crippen LogP contribution in [0.5, 0.6) is 11.5 Å². The molecular weight excluding hydrogens is 768 g/mol. The molecule has 0 radical (unpaired) electrons. The molecule has 2 aliphatic heterocycles. The Morgan fingerprint density at radius 2 is 1.60 bits per heavy atom. The average Bonchev–Trinajstić information content (AvgIpc) is 3.83. The minimum absolute atomic E-state index is 0.243. The second-order valence-electron chi connectivity index (χ2n) is 14.3. The van der Waals surface area contributed by atoms with E-state index in [-0.39, 0.29) is 11.9 Å². The summed E-state index contributed by atoms with van der Waals surface area (Å²) in [5, 5.41) is 7.97. The van der Waals surface area contributed by atoms with E-state index in [2.05, 4.69) is 10.6 Å². The highest BCUT2D eigenvalue weighted by atomic mass is 35.6. The van der Waals surface area contributed by atoms with Crippen LogP contribution >= 0.6 is 58.0 Å². The zero-order valence-electron chi connectivity index (χ0n) is 29.5. The lowest BCUT2D eigenvalue weighted by Crippen LogP contribution is -2.64. The second kappa shape index (κ2) is 15.5. The van der Waals surface area contributed by atoms with Crippen LogP contribution in [0, 0.1) is 13.8 Å². The Balaban J connectivity index is 1.25. The van der Waals surface area contributed by atoms with Crippen molar-refractivity contribution in [2.45, 2.75) is 80.4 Å². The summed E-state index contributed by atoms with van der Waals surface area (Å²) in [6, 6.07) is 18.2. The number of hydrogen-bond donors (Lipinski definition) is 2. The van der Waals surface area contributed by atoms with Gasteiger partial charge in [-0.15, -0.1) is 0 Å². The van der Waals surface area contributed by atoms with Gasteiger partial charge in [0.2, 0.25) is 9.70 Å². The Labute approximate surface area is 330 Å². The molecule has 1 saturated heterocycles. The molecule has 6 rings (SSSR count). The molecule has 0 spiro atoms. The van der Waals surface area contributed by atoms with Crippen LogP contribution in [0.4, 0.5) is 4.79 Å². The lowest BCUT2D eigenvalue weighted by Gasteiger charge is -2.48. The van der Waals surface area contributed by atoms with E-state index in [4.69, 9.17) is 72.2 Å². The van der Waals surface area contributed by atoms with Gasteiger partial charge in [-0.05, 0) is 112 Å². The lowest BCUT2D eigenvalue weighted by atomic mass is 9.82.